The summed E-state index contributed by atoms with van der Waals surface area (Å²) in [6.45, 7) is 3.07. The number of rotatable bonds is 6. The van der Waals surface area contributed by atoms with Crippen LogP contribution in [0.1, 0.15) is 26.7 Å². The van der Waals surface area contributed by atoms with Crippen molar-refractivity contribution >= 4 is 17.5 Å². The Bertz CT molecular complexity index is 1050. The van der Waals surface area contributed by atoms with E-state index < -0.39 is 18.1 Å². The van der Waals surface area contributed by atoms with Gasteiger partial charge in [-0.05, 0) is 19.1 Å². The van der Waals surface area contributed by atoms with Crippen LogP contribution in [0.3, 0.4) is 0 Å². The van der Waals surface area contributed by atoms with Gasteiger partial charge in [0.25, 0.3) is 11.8 Å². The fourth-order valence-electron chi connectivity index (χ4n) is 2.83. The average molecular weight is 398 g/mol. The predicted molar refractivity (Wildman–Crippen MR) is 98.9 cm³/mol. The predicted octanol–water partition coefficient (Wildman–Crippen LogP) is 0.966. The van der Waals surface area contributed by atoms with Crippen molar-refractivity contribution in [3.63, 3.8) is 0 Å². The van der Waals surface area contributed by atoms with Crippen LogP contribution >= 0.6 is 0 Å². The zero-order valence-electron chi connectivity index (χ0n) is 15.5. The average Bonchev–Trinajstić information content (AvgIpc) is 3.42. The first kappa shape index (κ1) is 18.8. The van der Waals surface area contributed by atoms with Gasteiger partial charge < -0.3 is 24.9 Å². The molecule has 1 aliphatic heterocycles. The number of aromatic nitrogens is 4. The zero-order chi connectivity index (χ0) is 20.4. The van der Waals surface area contributed by atoms with E-state index in [0.29, 0.717) is 18.8 Å². The van der Waals surface area contributed by atoms with Crippen molar-refractivity contribution in [2.45, 2.75) is 19.8 Å². The van der Waals surface area contributed by atoms with E-state index in [2.05, 4.69) is 20.4 Å². The third kappa shape index (κ3) is 4.15. The minimum absolute atomic E-state index is 0.0418. The number of nitrogens with two attached hydrogens (primary N) is 1. The molecule has 11 heteroatoms. The van der Waals surface area contributed by atoms with Gasteiger partial charge >= 0.3 is 0 Å². The molecule has 3 N–H and O–H groups in total. The number of anilines is 1. The molecule has 1 saturated heterocycles. The molecule has 0 atom stereocenters. The Morgan fingerprint density at radius 3 is 2.86 bits per heavy atom. The molecule has 2 amide bonds. The van der Waals surface area contributed by atoms with Gasteiger partial charge in [-0.2, -0.15) is 5.10 Å². The van der Waals surface area contributed by atoms with E-state index in [0.717, 1.165) is 5.69 Å². The van der Waals surface area contributed by atoms with E-state index in [1.54, 1.807) is 18.3 Å². The van der Waals surface area contributed by atoms with Gasteiger partial charge in [-0.15, -0.1) is 0 Å². The number of hydrogen-bond acceptors (Lipinski definition) is 8. The van der Waals surface area contributed by atoms with Crippen LogP contribution in [0.4, 0.5) is 5.69 Å². The Labute approximate surface area is 164 Å². The van der Waals surface area contributed by atoms with Crippen molar-refractivity contribution < 1.29 is 23.5 Å². The summed E-state index contributed by atoms with van der Waals surface area (Å²) in [7, 11) is 0. The Morgan fingerprint density at radius 1 is 1.34 bits per heavy atom. The van der Waals surface area contributed by atoms with Crippen molar-refractivity contribution in [3.05, 3.63) is 47.9 Å². The number of ether oxygens (including phenoxy) is 2. The molecule has 1 aliphatic rings. The Balaban J connectivity index is 1.52. The molecule has 0 unspecified atom stereocenters. The minimum Gasteiger partial charge on any atom is -0.444 e. The maximum atomic E-state index is 12.6. The summed E-state index contributed by atoms with van der Waals surface area (Å²) < 4.78 is 17.5. The van der Waals surface area contributed by atoms with Crippen LogP contribution in [-0.2, 0) is 16.0 Å². The Hall–Kier alpha value is -3.57. The third-order valence-electron chi connectivity index (χ3n) is 4.15. The number of nitrogens with zero attached hydrogens (tertiary/aromatic N) is 4. The van der Waals surface area contributed by atoms with E-state index in [9.17, 15) is 9.59 Å². The maximum absolute atomic E-state index is 12.6. The number of carbonyl (C=O) groups excluding carboxylic acids is 2. The molecule has 0 radical (unpaired) electrons. The summed E-state index contributed by atoms with van der Waals surface area (Å²) in [6, 6.07) is 3.51. The molecule has 3 aromatic rings. The molecule has 4 rings (SSSR count). The smallest absolute Gasteiger partial charge is 0.277 e. The molecule has 4 heterocycles. The second-order valence-electron chi connectivity index (χ2n) is 6.33. The largest absolute Gasteiger partial charge is 0.444 e. The molecule has 150 valence electrons. The standard InChI is InChI=1S/C18H18N6O5/c1-10-6-11(2-3-20-10)18-22-13(9-29-18)17(26)21-12-7-24(23-15(12)16(19)25)8-14-27-4-5-28-14/h2-3,6-7,9,14H,4-5,8H2,1H3,(H2,19,25)(H,21,26). The number of amides is 2. The van der Waals surface area contributed by atoms with Crippen LogP contribution in [-0.4, -0.2) is 51.1 Å². The number of pyridine rings is 1. The summed E-state index contributed by atoms with van der Waals surface area (Å²) in [6.07, 6.45) is 3.87. The summed E-state index contributed by atoms with van der Waals surface area (Å²) in [5, 5.41) is 6.69. The number of oxazole rings is 1. The van der Waals surface area contributed by atoms with Gasteiger partial charge in [0.05, 0.1) is 25.4 Å². The topological polar surface area (TPSA) is 147 Å². The molecule has 1 fully saturated rings. The molecule has 0 spiro atoms. The van der Waals surface area contributed by atoms with Crippen molar-refractivity contribution in [1.82, 2.24) is 19.7 Å². The quantitative estimate of drug-likeness (QED) is 0.624. The highest BCUT2D eigenvalue weighted by molar-refractivity contribution is 6.07. The second kappa shape index (κ2) is 7.81. The van der Waals surface area contributed by atoms with Crippen molar-refractivity contribution in [2.75, 3.05) is 18.5 Å². The second-order valence-corrected chi connectivity index (χ2v) is 6.33. The van der Waals surface area contributed by atoms with Crippen molar-refractivity contribution in [2.24, 2.45) is 5.73 Å². The van der Waals surface area contributed by atoms with Gasteiger partial charge in [0.15, 0.2) is 17.7 Å². The van der Waals surface area contributed by atoms with Crippen LogP contribution in [0.15, 0.2) is 35.2 Å². The maximum Gasteiger partial charge on any atom is 0.277 e. The lowest BCUT2D eigenvalue weighted by molar-refractivity contribution is -0.0545. The molecule has 0 bridgehead atoms. The number of hydrogen-bond donors (Lipinski definition) is 2. The zero-order valence-corrected chi connectivity index (χ0v) is 15.5. The fourth-order valence-corrected chi connectivity index (χ4v) is 2.83. The van der Waals surface area contributed by atoms with E-state index in [4.69, 9.17) is 19.6 Å². The third-order valence-corrected chi connectivity index (χ3v) is 4.15. The summed E-state index contributed by atoms with van der Waals surface area (Å²) >= 11 is 0. The number of carbonyl (C=O) groups is 2. The molecule has 29 heavy (non-hydrogen) atoms. The molecule has 3 aromatic heterocycles. The highest BCUT2D eigenvalue weighted by Crippen LogP contribution is 2.20. The lowest BCUT2D eigenvalue weighted by atomic mass is 10.2. The number of aryl methyl sites for hydroxylation is 1. The molecular formula is C18H18N6O5. The highest BCUT2D eigenvalue weighted by atomic mass is 16.7. The van der Waals surface area contributed by atoms with Crippen molar-refractivity contribution in [3.8, 4) is 11.5 Å². The van der Waals surface area contributed by atoms with Gasteiger partial charge in [0.2, 0.25) is 5.89 Å². The van der Waals surface area contributed by atoms with Crippen LogP contribution in [0.5, 0.6) is 0 Å². The van der Waals surface area contributed by atoms with E-state index >= 15 is 0 Å². The van der Waals surface area contributed by atoms with E-state index in [1.807, 2.05) is 6.92 Å². The minimum atomic E-state index is -0.777. The van der Waals surface area contributed by atoms with Crippen LogP contribution in [0.2, 0.25) is 0 Å². The first-order chi connectivity index (χ1) is 14.0. The first-order valence-corrected chi connectivity index (χ1v) is 8.80. The summed E-state index contributed by atoms with van der Waals surface area (Å²) in [5.41, 5.74) is 6.98. The molecule has 0 saturated carbocycles. The van der Waals surface area contributed by atoms with E-state index in [-0.39, 0.29) is 29.5 Å². The number of primary amides is 1. The van der Waals surface area contributed by atoms with Crippen LogP contribution in [0, 0.1) is 6.92 Å². The lowest BCUT2D eigenvalue weighted by Crippen LogP contribution is -2.19. The fraction of sp³-hybridized carbons (Fsp3) is 0.278. The van der Waals surface area contributed by atoms with Gasteiger partial charge in [-0.3, -0.25) is 19.3 Å². The first-order valence-electron chi connectivity index (χ1n) is 8.80. The SMILES string of the molecule is Cc1cc(-c2nc(C(=O)Nc3cn(CC4OCCO4)nc3C(N)=O)co2)ccn1. The van der Waals surface area contributed by atoms with Gasteiger partial charge in [-0.1, -0.05) is 0 Å². The van der Waals surface area contributed by atoms with Crippen molar-refractivity contribution in [1.29, 1.82) is 0 Å². The van der Waals surface area contributed by atoms with Gasteiger partial charge in [-0.25, -0.2) is 4.98 Å². The molecular weight excluding hydrogens is 380 g/mol. The van der Waals surface area contributed by atoms with Gasteiger partial charge in [0, 0.05) is 23.7 Å². The Kier molecular flexibility index (Phi) is 5.06. The van der Waals surface area contributed by atoms with Crippen LogP contribution in [0.25, 0.3) is 11.5 Å². The normalized spacial score (nSPS) is 14.2. The van der Waals surface area contributed by atoms with Crippen LogP contribution < -0.4 is 11.1 Å². The molecule has 11 nitrogen and oxygen atoms in total. The molecule has 0 aromatic carbocycles. The molecule has 0 aliphatic carbocycles. The monoisotopic (exact) mass is 398 g/mol. The number of nitrogens with one attached hydrogen (secondary N) is 1. The Morgan fingerprint density at radius 2 is 2.14 bits per heavy atom. The van der Waals surface area contributed by atoms with E-state index in [1.165, 1.54) is 17.1 Å². The highest BCUT2D eigenvalue weighted by Gasteiger charge is 2.22. The summed E-state index contributed by atoms with van der Waals surface area (Å²) in [5.74, 6) is -1.07. The van der Waals surface area contributed by atoms with Gasteiger partial charge in [0.1, 0.15) is 6.26 Å². The summed E-state index contributed by atoms with van der Waals surface area (Å²) in [4.78, 5) is 32.6. The lowest BCUT2D eigenvalue weighted by Gasteiger charge is -2.07.